The normalized spacial score (nSPS) is 39.9. The van der Waals surface area contributed by atoms with Crippen molar-refractivity contribution < 1.29 is 28.2 Å². The Kier molecular flexibility index (Phi) is 2.90. The van der Waals surface area contributed by atoms with Crippen LogP contribution >= 0.6 is 0 Å². The zero-order valence-corrected chi connectivity index (χ0v) is 9.67. The van der Waals surface area contributed by atoms with E-state index in [2.05, 4.69) is 0 Å². The van der Waals surface area contributed by atoms with E-state index in [1.165, 1.54) is 7.11 Å². The highest BCUT2D eigenvalue weighted by Crippen LogP contribution is 2.68. The van der Waals surface area contributed by atoms with Gasteiger partial charge in [0.1, 0.15) is 5.60 Å². The van der Waals surface area contributed by atoms with Gasteiger partial charge in [0.15, 0.2) is 5.41 Å². The van der Waals surface area contributed by atoms with Crippen molar-refractivity contribution in [3.8, 4) is 0 Å². The molecule has 2 unspecified atom stereocenters. The van der Waals surface area contributed by atoms with Crippen LogP contribution in [0.1, 0.15) is 25.7 Å². The number of carboxylic acid groups (broad SMARTS) is 1. The fourth-order valence-electron chi connectivity index (χ4n) is 2.87. The van der Waals surface area contributed by atoms with Gasteiger partial charge in [-0.05, 0) is 19.3 Å². The quantitative estimate of drug-likeness (QED) is 0.824. The number of halogens is 2. The summed E-state index contributed by atoms with van der Waals surface area (Å²) in [5, 5.41) is 9.17. The number of methoxy groups -OCH3 is 1. The minimum Gasteiger partial charge on any atom is -0.481 e. The van der Waals surface area contributed by atoms with E-state index in [1.54, 1.807) is 0 Å². The first-order chi connectivity index (χ1) is 7.92. The Morgan fingerprint density at radius 3 is 2.47 bits per heavy atom. The Hall–Kier alpha value is -0.750. The molecule has 0 spiro atoms. The van der Waals surface area contributed by atoms with Gasteiger partial charge in [0, 0.05) is 20.1 Å². The van der Waals surface area contributed by atoms with Crippen LogP contribution in [0.4, 0.5) is 8.78 Å². The molecule has 17 heavy (non-hydrogen) atoms. The highest BCUT2D eigenvalue weighted by atomic mass is 19.3. The number of ether oxygens (including phenoxy) is 2. The number of carbonyl (C=O) groups is 1. The summed E-state index contributed by atoms with van der Waals surface area (Å²) in [7, 11) is 1.37. The van der Waals surface area contributed by atoms with Gasteiger partial charge in [-0.3, -0.25) is 4.79 Å². The van der Waals surface area contributed by atoms with E-state index in [9.17, 15) is 13.6 Å². The fourth-order valence-corrected chi connectivity index (χ4v) is 2.87. The van der Waals surface area contributed by atoms with E-state index in [0.29, 0.717) is 19.4 Å². The third kappa shape index (κ3) is 1.57. The van der Waals surface area contributed by atoms with E-state index in [4.69, 9.17) is 14.6 Å². The van der Waals surface area contributed by atoms with Crippen molar-refractivity contribution in [2.24, 2.45) is 5.41 Å². The summed E-state index contributed by atoms with van der Waals surface area (Å²) < 4.78 is 37.5. The van der Waals surface area contributed by atoms with Gasteiger partial charge in [0.05, 0.1) is 6.61 Å². The first-order valence-corrected chi connectivity index (χ1v) is 5.66. The lowest BCUT2D eigenvalue weighted by molar-refractivity contribution is -0.198. The average molecular weight is 250 g/mol. The molecule has 0 aromatic heterocycles. The van der Waals surface area contributed by atoms with Crippen LogP contribution in [0, 0.1) is 5.41 Å². The van der Waals surface area contributed by atoms with Gasteiger partial charge >= 0.3 is 5.97 Å². The summed E-state index contributed by atoms with van der Waals surface area (Å²) in [5.41, 5.74) is -3.48. The smallest absolute Gasteiger partial charge is 0.319 e. The number of hydrogen-bond donors (Lipinski definition) is 1. The highest BCUT2D eigenvalue weighted by Gasteiger charge is 2.85. The summed E-state index contributed by atoms with van der Waals surface area (Å²) in [5.74, 6) is -4.68. The molecule has 0 amide bonds. The van der Waals surface area contributed by atoms with Gasteiger partial charge in [-0.2, -0.15) is 0 Å². The molecule has 0 aromatic carbocycles. The van der Waals surface area contributed by atoms with Crippen LogP contribution in [0.3, 0.4) is 0 Å². The van der Waals surface area contributed by atoms with Crippen LogP contribution in [0.5, 0.6) is 0 Å². The number of hydrogen-bond acceptors (Lipinski definition) is 3. The van der Waals surface area contributed by atoms with Crippen molar-refractivity contribution in [1.29, 1.82) is 0 Å². The zero-order valence-electron chi connectivity index (χ0n) is 9.67. The van der Waals surface area contributed by atoms with Gasteiger partial charge in [0.25, 0.3) is 5.92 Å². The lowest BCUT2D eigenvalue weighted by Crippen LogP contribution is -2.54. The van der Waals surface area contributed by atoms with Crippen molar-refractivity contribution in [1.82, 2.24) is 0 Å². The van der Waals surface area contributed by atoms with E-state index < -0.39 is 29.3 Å². The minimum absolute atomic E-state index is 0.102. The lowest BCUT2D eigenvalue weighted by Gasteiger charge is -2.41. The van der Waals surface area contributed by atoms with E-state index in [0.717, 1.165) is 6.42 Å². The van der Waals surface area contributed by atoms with Crippen molar-refractivity contribution in [3.63, 3.8) is 0 Å². The molecule has 0 aromatic rings. The van der Waals surface area contributed by atoms with Crippen LogP contribution in [0.25, 0.3) is 0 Å². The topological polar surface area (TPSA) is 55.8 Å². The number of alkyl halides is 2. The highest BCUT2D eigenvalue weighted by molar-refractivity contribution is 5.82. The van der Waals surface area contributed by atoms with Crippen LogP contribution in [-0.4, -0.2) is 42.9 Å². The standard InChI is InChI=1S/C11H16F2O4/c1-16-7-9(4-2-3-5-17-9)10(8(14)15)6-11(10,12)13/h2-7H2,1H3,(H,14,15). The molecular weight excluding hydrogens is 234 g/mol. The summed E-state index contributed by atoms with van der Waals surface area (Å²) in [6.07, 6.45) is 1.11. The Morgan fingerprint density at radius 1 is 1.47 bits per heavy atom. The molecule has 1 heterocycles. The maximum atomic E-state index is 13.5. The Balaban J connectivity index is 2.35. The molecule has 4 nitrogen and oxygen atoms in total. The van der Waals surface area contributed by atoms with E-state index in [-0.39, 0.29) is 6.61 Å². The summed E-state index contributed by atoms with van der Waals surface area (Å²) in [6, 6.07) is 0. The molecule has 0 bridgehead atoms. The Morgan fingerprint density at radius 2 is 2.12 bits per heavy atom. The van der Waals surface area contributed by atoms with Crippen LogP contribution < -0.4 is 0 Å². The summed E-state index contributed by atoms with van der Waals surface area (Å²) >= 11 is 0. The molecule has 6 heteroatoms. The van der Waals surface area contributed by atoms with Gasteiger partial charge in [-0.1, -0.05) is 0 Å². The molecule has 2 atom stereocenters. The minimum atomic E-state index is -3.20. The van der Waals surface area contributed by atoms with Gasteiger partial charge in [-0.15, -0.1) is 0 Å². The number of carboxylic acids is 1. The average Bonchev–Trinajstić information content (AvgIpc) is 2.86. The first-order valence-electron chi connectivity index (χ1n) is 5.66. The predicted octanol–water partition coefficient (Wildman–Crippen LogP) is 1.68. The third-order valence-corrected chi connectivity index (χ3v) is 3.86. The molecule has 1 aliphatic heterocycles. The van der Waals surface area contributed by atoms with Crippen LogP contribution in [-0.2, 0) is 14.3 Å². The van der Waals surface area contributed by atoms with Crippen molar-refractivity contribution >= 4 is 5.97 Å². The SMILES string of the molecule is COCC1(C2(C(=O)O)CC2(F)F)CCCCO1. The number of aliphatic carboxylic acids is 1. The van der Waals surface area contributed by atoms with Crippen LogP contribution in [0.15, 0.2) is 0 Å². The maximum Gasteiger partial charge on any atom is 0.319 e. The largest absolute Gasteiger partial charge is 0.481 e. The third-order valence-electron chi connectivity index (χ3n) is 3.86. The fraction of sp³-hybridized carbons (Fsp3) is 0.909. The molecule has 98 valence electrons. The van der Waals surface area contributed by atoms with Crippen LogP contribution in [0.2, 0.25) is 0 Å². The zero-order chi connectivity index (χ0) is 12.7. The predicted molar refractivity (Wildman–Crippen MR) is 54.0 cm³/mol. The molecule has 1 aliphatic carbocycles. The monoisotopic (exact) mass is 250 g/mol. The molecule has 2 fully saturated rings. The Labute approximate surface area is 97.9 Å². The van der Waals surface area contributed by atoms with Crippen molar-refractivity contribution in [3.05, 3.63) is 0 Å². The molecular formula is C11H16F2O4. The second-order valence-electron chi connectivity index (χ2n) is 4.82. The molecule has 2 rings (SSSR count). The lowest BCUT2D eigenvalue weighted by atomic mass is 9.78. The van der Waals surface area contributed by atoms with Gasteiger partial charge in [0.2, 0.25) is 0 Å². The van der Waals surface area contributed by atoms with Crippen molar-refractivity contribution in [2.45, 2.75) is 37.2 Å². The first kappa shape index (κ1) is 12.7. The summed E-state index contributed by atoms with van der Waals surface area (Å²) in [6.45, 7) is 0.212. The second kappa shape index (κ2) is 3.88. The molecule has 1 saturated heterocycles. The van der Waals surface area contributed by atoms with E-state index in [1.807, 2.05) is 0 Å². The summed E-state index contributed by atoms with van der Waals surface area (Å²) in [4.78, 5) is 11.3. The molecule has 0 radical (unpaired) electrons. The van der Waals surface area contributed by atoms with Gasteiger partial charge < -0.3 is 14.6 Å². The second-order valence-corrected chi connectivity index (χ2v) is 4.82. The Bertz CT molecular complexity index is 320. The van der Waals surface area contributed by atoms with Gasteiger partial charge in [-0.25, -0.2) is 8.78 Å². The molecule has 2 aliphatic rings. The maximum absolute atomic E-state index is 13.5. The number of rotatable bonds is 4. The molecule has 1 N–H and O–H groups in total. The van der Waals surface area contributed by atoms with Crippen molar-refractivity contribution in [2.75, 3.05) is 20.3 Å². The van der Waals surface area contributed by atoms with E-state index >= 15 is 0 Å². The molecule has 1 saturated carbocycles.